The Morgan fingerprint density at radius 3 is 3.19 bits per heavy atom. The average Bonchev–Trinajstić information content (AvgIpc) is 2.81. The average molecular weight is 222 g/mol. The molecule has 2 heterocycles. The van der Waals surface area contributed by atoms with Crippen molar-refractivity contribution in [2.24, 2.45) is 0 Å². The van der Waals surface area contributed by atoms with Crippen LogP contribution in [0.2, 0.25) is 0 Å². The second-order valence-electron chi connectivity index (χ2n) is 4.13. The number of amides is 1. The molecule has 2 atom stereocenters. The summed E-state index contributed by atoms with van der Waals surface area (Å²) in [5, 5.41) is 6.23. The zero-order valence-electron chi connectivity index (χ0n) is 9.53. The van der Waals surface area contributed by atoms with E-state index in [9.17, 15) is 4.79 Å². The van der Waals surface area contributed by atoms with Crippen molar-refractivity contribution in [1.82, 2.24) is 10.6 Å². The number of carbonyl (C=O) groups excluding carboxylic acids is 1. The minimum absolute atomic E-state index is 0.0798. The third-order valence-corrected chi connectivity index (χ3v) is 2.98. The molecular formula is C12H18N2O2. The van der Waals surface area contributed by atoms with Gasteiger partial charge in [-0.1, -0.05) is 6.92 Å². The summed E-state index contributed by atoms with van der Waals surface area (Å²) in [6.07, 6.45) is 4.53. The van der Waals surface area contributed by atoms with Gasteiger partial charge in [0.1, 0.15) is 5.76 Å². The van der Waals surface area contributed by atoms with E-state index in [0.717, 1.165) is 31.6 Å². The van der Waals surface area contributed by atoms with Crippen LogP contribution in [-0.2, 0) is 4.79 Å². The van der Waals surface area contributed by atoms with E-state index in [1.54, 1.807) is 6.26 Å². The highest BCUT2D eigenvalue weighted by Gasteiger charge is 2.25. The number of rotatable bonds is 4. The number of carbonyl (C=O) groups is 1. The molecule has 2 unspecified atom stereocenters. The molecule has 0 aromatic carbocycles. The Kier molecular flexibility index (Phi) is 3.62. The van der Waals surface area contributed by atoms with E-state index in [0.29, 0.717) is 0 Å². The fraction of sp³-hybridized carbons (Fsp3) is 0.583. The van der Waals surface area contributed by atoms with Gasteiger partial charge in [0.15, 0.2) is 0 Å². The van der Waals surface area contributed by atoms with E-state index in [4.69, 9.17) is 4.42 Å². The summed E-state index contributed by atoms with van der Waals surface area (Å²) in [5.41, 5.74) is 0. The van der Waals surface area contributed by atoms with Gasteiger partial charge in [-0.25, -0.2) is 0 Å². The first-order valence-corrected chi connectivity index (χ1v) is 5.88. The molecule has 0 spiro atoms. The molecule has 1 aromatic heterocycles. The van der Waals surface area contributed by atoms with Crippen molar-refractivity contribution in [1.29, 1.82) is 0 Å². The first kappa shape index (κ1) is 11.2. The number of piperidine rings is 1. The molecule has 1 fully saturated rings. The van der Waals surface area contributed by atoms with Crippen molar-refractivity contribution in [3.63, 3.8) is 0 Å². The molecule has 4 heteroatoms. The standard InChI is InChI=1S/C12H18N2O2/c1-2-9(11-6-4-8-16-11)14-10-5-3-7-13-12(10)15/h4,6,8-10,14H,2-3,5,7H2,1H3,(H,13,15). The van der Waals surface area contributed by atoms with E-state index in [1.165, 1.54) is 0 Å². The molecule has 1 saturated heterocycles. The van der Waals surface area contributed by atoms with Crippen LogP contribution < -0.4 is 10.6 Å². The second kappa shape index (κ2) is 5.16. The van der Waals surface area contributed by atoms with E-state index in [2.05, 4.69) is 17.6 Å². The molecule has 2 rings (SSSR count). The van der Waals surface area contributed by atoms with Crippen molar-refractivity contribution in [3.05, 3.63) is 24.2 Å². The van der Waals surface area contributed by atoms with Gasteiger partial charge in [-0.05, 0) is 31.4 Å². The lowest BCUT2D eigenvalue weighted by molar-refractivity contribution is -0.124. The Labute approximate surface area is 95.4 Å². The summed E-state index contributed by atoms with van der Waals surface area (Å²) in [4.78, 5) is 11.6. The van der Waals surface area contributed by atoms with Crippen molar-refractivity contribution < 1.29 is 9.21 Å². The predicted octanol–water partition coefficient (Wildman–Crippen LogP) is 1.60. The minimum Gasteiger partial charge on any atom is -0.468 e. The highest BCUT2D eigenvalue weighted by molar-refractivity contribution is 5.82. The fourth-order valence-electron chi connectivity index (χ4n) is 2.06. The summed E-state index contributed by atoms with van der Waals surface area (Å²) in [6.45, 7) is 2.88. The van der Waals surface area contributed by atoms with Crippen LogP contribution in [0.1, 0.15) is 38.0 Å². The van der Waals surface area contributed by atoms with Crippen molar-refractivity contribution >= 4 is 5.91 Å². The highest BCUT2D eigenvalue weighted by Crippen LogP contribution is 2.19. The van der Waals surface area contributed by atoms with E-state index in [-0.39, 0.29) is 18.0 Å². The third kappa shape index (κ3) is 2.44. The fourth-order valence-corrected chi connectivity index (χ4v) is 2.06. The predicted molar refractivity (Wildman–Crippen MR) is 60.9 cm³/mol. The zero-order valence-corrected chi connectivity index (χ0v) is 9.53. The third-order valence-electron chi connectivity index (χ3n) is 2.98. The van der Waals surface area contributed by atoms with Gasteiger partial charge in [-0.2, -0.15) is 0 Å². The SMILES string of the molecule is CCC(NC1CCCNC1=O)c1ccco1. The molecule has 0 saturated carbocycles. The summed E-state index contributed by atoms with van der Waals surface area (Å²) >= 11 is 0. The van der Waals surface area contributed by atoms with Gasteiger partial charge >= 0.3 is 0 Å². The van der Waals surface area contributed by atoms with Crippen LogP contribution in [-0.4, -0.2) is 18.5 Å². The Balaban J connectivity index is 1.98. The van der Waals surface area contributed by atoms with Crippen LogP contribution in [0.4, 0.5) is 0 Å². The maximum absolute atomic E-state index is 11.6. The van der Waals surface area contributed by atoms with Gasteiger partial charge in [-0.3, -0.25) is 10.1 Å². The van der Waals surface area contributed by atoms with Crippen LogP contribution >= 0.6 is 0 Å². The van der Waals surface area contributed by atoms with Gasteiger partial charge < -0.3 is 9.73 Å². The molecule has 88 valence electrons. The van der Waals surface area contributed by atoms with E-state index >= 15 is 0 Å². The van der Waals surface area contributed by atoms with E-state index in [1.807, 2.05) is 12.1 Å². The summed E-state index contributed by atoms with van der Waals surface area (Å²) in [5.74, 6) is 1.01. The number of hydrogen-bond donors (Lipinski definition) is 2. The van der Waals surface area contributed by atoms with Crippen molar-refractivity contribution in [2.75, 3.05) is 6.54 Å². The highest BCUT2D eigenvalue weighted by atomic mass is 16.3. The van der Waals surface area contributed by atoms with E-state index < -0.39 is 0 Å². The number of nitrogens with one attached hydrogen (secondary N) is 2. The Morgan fingerprint density at radius 1 is 1.69 bits per heavy atom. The van der Waals surface area contributed by atoms with Gasteiger partial charge in [-0.15, -0.1) is 0 Å². The van der Waals surface area contributed by atoms with Gasteiger partial charge in [0, 0.05) is 6.54 Å². The minimum atomic E-state index is -0.0798. The lowest BCUT2D eigenvalue weighted by atomic mass is 10.0. The van der Waals surface area contributed by atoms with Crippen molar-refractivity contribution in [3.8, 4) is 0 Å². The van der Waals surface area contributed by atoms with Crippen LogP contribution in [0, 0.1) is 0 Å². The van der Waals surface area contributed by atoms with Gasteiger partial charge in [0.25, 0.3) is 0 Å². The largest absolute Gasteiger partial charge is 0.468 e. The first-order valence-electron chi connectivity index (χ1n) is 5.88. The van der Waals surface area contributed by atoms with Crippen LogP contribution in [0.3, 0.4) is 0 Å². The Morgan fingerprint density at radius 2 is 2.56 bits per heavy atom. The molecule has 0 radical (unpaired) electrons. The summed E-state index contributed by atoms with van der Waals surface area (Å²) < 4.78 is 5.37. The molecule has 4 nitrogen and oxygen atoms in total. The molecule has 1 aromatic rings. The quantitative estimate of drug-likeness (QED) is 0.813. The van der Waals surface area contributed by atoms with Gasteiger partial charge in [0.2, 0.25) is 5.91 Å². The normalized spacial score (nSPS) is 22.8. The molecule has 0 bridgehead atoms. The van der Waals surface area contributed by atoms with Gasteiger partial charge in [0.05, 0.1) is 18.3 Å². The summed E-state index contributed by atoms with van der Waals surface area (Å²) in [7, 11) is 0. The monoisotopic (exact) mass is 222 g/mol. The molecule has 1 amide bonds. The Bertz CT molecular complexity index is 335. The molecule has 2 N–H and O–H groups in total. The smallest absolute Gasteiger partial charge is 0.237 e. The van der Waals surface area contributed by atoms with Crippen LogP contribution in [0.25, 0.3) is 0 Å². The molecule has 1 aliphatic heterocycles. The molecule has 1 aliphatic rings. The molecule has 16 heavy (non-hydrogen) atoms. The number of furan rings is 1. The maximum Gasteiger partial charge on any atom is 0.237 e. The number of hydrogen-bond acceptors (Lipinski definition) is 3. The molecular weight excluding hydrogens is 204 g/mol. The molecule has 0 aliphatic carbocycles. The second-order valence-corrected chi connectivity index (χ2v) is 4.13. The topological polar surface area (TPSA) is 54.3 Å². The maximum atomic E-state index is 11.6. The van der Waals surface area contributed by atoms with Crippen LogP contribution in [0.15, 0.2) is 22.8 Å². The van der Waals surface area contributed by atoms with Crippen molar-refractivity contribution in [2.45, 2.75) is 38.3 Å². The zero-order chi connectivity index (χ0) is 11.4. The first-order chi connectivity index (χ1) is 7.81. The lowest BCUT2D eigenvalue weighted by Gasteiger charge is -2.26. The Hall–Kier alpha value is -1.29. The van der Waals surface area contributed by atoms with Crippen LogP contribution in [0.5, 0.6) is 0 Å². The summed E-state index contributed by atoms with van der Waals surface area (Å²) in [6, 6.07) is 3.87. The lowest BCUT2D eigenvalue weighted by Crippen LogP contribution is -2.49.